The van der Waals surface area contributed by atoms with Crippen LogP contribution >= 0.6 is 0 Å². The first-order valence-electron chi connectivity index (χ1n) is 9.11. The minimum absolute atomic E-state index is 0.0443. The molecule has 0 saturated carbocycles. The van der Waals surface area contributed by atoms with Crippen LogP contribution < -0.4 is 10.1 Å². The SMILES string of the molecule is COc1ccc(C(=O)Nc2ccc(S(=O)(=O)N3C[C@H](C)O[C@@H](C)C3)cc2)cc1F. The lowest BCUT2D eigenvalue weighted by Gasteiger charge is -2.34. The molecule has 0 unspecified atom stereocenters. The van der Waals surface area contributed by atoms with Crippen molar-refractivity contribution in [2.45, 2.75) is 31.0 Å². The topological polar surface area (TPSA) is 84.9 Å². The molecule has 0 bridgehead atoms. The van der Waals surface area contributed by atoms with Crippen LogP contribution in [0.1, 0.15) is 24.2 Å². The average molecular weight is 422 g/mol. The molecule has 1 fully saturated rings. The van der Waals surface area contributed by atoms with E-state index in [0.29, 0.717) is 5.69 Å². The van der Waals surface area contributed by atoms with E-state index in [4.69, 9.17) is 9.47 Å². The molecule has 2 atom stereocenters. The minimum Gasteiger partial charge on any atom is -0.494 e. The molecule has 3 rings (SSSR count). The molecule has 1 aliphatic heterocycles. The Labute approximate surface area is 169 Å². The summed E-state index contributed by atoms with van der Waals surface area (Å²) in [5.41, 5.74) is 0.519. The lowest BCUT2D eigenvalue weighted by molar-refractivity contribution is -0.0440. The molecule has 1 aliphatic rings. The van der Waals surface area contributed by atoms with Crippen molar-refractivity contribution < 1.29 is 27.1 Å². The van der Waals surface area contributed by atoms with Crippen molar-refractivity contribution in [2.24, 2.45) is 0 Å². The van der Waals surface area contributed by atoms with Crippen molar-refractivity contribution in [1.82, 2.24) is 4.31 Å². The Bertz CT molecular complexity index is 984. The highest BCUT2D eigenvalue weighted by Gasteiger charge is 2.32. The number of rotatable bonds is 5. The number of carbonyl (C=O) groups is 1. The van der Waals surface area contributed by atoms with Gasteiger partial charge in [0.2, 0.25) is 10.0 Å². The molecule has 1 saturated heterocycles. The highest BCUT2D eigenvalue weighted by molar-refractivity contribution is 7.89. The van der Waals surface area contributed by atoms with Crippen LogP contribution in [-0.4, -0.2) is 51.0 Å². The molecule has 0 spiro atoms. The van der Waals surface area contributed by atoms with Crippen LogP contribution in [0.15, 0.2) is 47.4 Å². The third-order valence-electron chi connectivity index (χ3n) is 4.55. The minimum atomic E-state index is -3.66. The zero-order valence-electron chi connectivity index (χ0n) is 16.4. The summed E-state index contributed by atoms with van der Waals surface area (Å²) in [6.45, 7) is 4.24. The maximum absolute atomic E-state index is 13.8. The van der Waals surface area contributed by atoms with Crippen LogP contribution in [0.4, 0.5) is 10.1 Å². The second-order valence-electron chi connectivity index (χ2n) is 6.91. The molecule has 1 amide bonds. The van der Waals surface area contributed by atoms with Crippen LogP contribution in [0, 0.1) is 5.82 Å². The molecule has 29 heavy (non-hydrogen) atoms. The van der Waals surface area contributed by atoms with E-state index in [0.717, 1.165) is 6.07 Å². The Kier molecular flexibility index (Phi) is 6.21. The molecule has 1 heterocycles. The monoisotopic (exact) mass is 422 g/mol. The molecule has 0 aromatic heterocycles. The van der Waals surface area contributed by atoms with E-state index in [1.54, 1.807) is 0 Å². The fourth-order valence-electron chi connectivity index (χ4n) is 3.20. The highest BCUT2D eigenvalue weighted by Crippen LogP contribution is 2.23. The van der Waals surface area contributed by atoms with E-state index in [9.17, 15) is 17.6 Å². The molecule has 2 aromatic carbocycles. The standard InChI is InChI=1S/C20H23FN2O5S/c1-13-11-23(12-14(2)28-13)29(25,26)17-7-5-16(6-8-17)22-20(24)15-4-9-19(27-3)18(21)10-15/h4-10,13-14H,11-12H2,1-3H3,(H,22,24)/t13-,14-/m0/s1. The fraction of sp³-hybridized carbons (Fsp3) is 0.350. The molecular weight excluding hydrogens is 399 g/mol. The van der Waals surface area contributed by atoms with Crippen LogP contribution in [-0.2, 0) is 14.8 Å². The Hall–Kier alpha value is -2.49. The molecule has 9 heteroatoms. The largest absolute Gasteiger partial charge is 0.494 e. The summed E-state index contributed by atoms with van der Waals surface area (Å²) in [5, 5.41) is 2.62. The first-order valence-corrected chi connectivity index (χ1v) is 10.6. The van der Waals surface area contributed by atoms with Gasteiger partial charge in [0.05, 0.1) is 24.2 Å². The number of nitrogens with one attached hydrogen (secondary N) is 1. The predicted molar refractivity (Wildman–Crippen MR) is 106 cm³/mol. The number of nitrogens with zero attached hydrogens (tertiary/aromatic N) is 1. The maximum Gasteiger partial charge on any atom is 0.255 e. The fourth-order valence-corrected chi connectivity index (χ4v) is 4.79. The van der Waals surface area contributed by atoms with Gasteiger partial charge in [-0.3, -0.25) is 4.79 Å². The predicted octanol–water partition coefficient (Wildman–Crippen LogP) is 2.88. The van der Waals surface area contributed by atoms with Gasteiger partial charge >= 0.3 is 0 Å². The lowest BCUT2D eigenvalue weighted by Crippen LogP contribution is -2.48. The van der Waals surface area contributed by atoms with E-state index >= 15 is 0 Å². The van der Waals surface area contributed by atoms with Gasteiger partial charge < -0.3 is 14.8 Å². The molecular formula is C20H23FN2O5S. The first-order chi connectivity index (χ1) is 13.7. The van der Waals surface area contributed by atoms with Crippen LogP contribution in [0.25, 0.3) is 0 Å². The van der Waals surface area contributed by atoms with Crippen molar-refractivity contribution in [1.29, 1.82) is 0 Å². The van der Waals surface area contributed by atoms with E-state index < -0.39 is 21.7 Å². The van der Waals surface area contributed by atoms with Gasteiger partial charge in [-0.1, -0.05) is 0 Å². The van der Waals surface area contributed by atoms with E-state index in [-0.39, 0.29) is 41.5 Å². The smallest absolute Gasteiger partial charge is 0.255 e. The molecule has 7 nitrogen and oxygen atoms in total. The number of ether oxygens (including phenoxy) is 2. The highest BCUT2D eigenvalue weighted by atomic mass is 32.2. The van der Waals surface area contributed by atoms with Gasteiger partial charge in [0.1, 0.15) is 0 Å². The molecule has 1 N–H and O–H groups in total. The number of halogens is 1. The Morgan fingerprint density at radius 1 is 1.14 bits per heavy atom. The summed E-state index contributed by atoms with van der Waals surface area (Å²) in [6.07, 6.45) is -0.367. The number of amides is 1. The summed E-state index contributed by atoms with van der Waals surface area (Å²) in [7, 11) is -2.32. The van der Waals surface area contributed by atoms with Gasteiger partial charge in [-0.15, -0.1) is 0 Å². The average Bonchev–Trinajstić information content (AvgIpc) is 2.67. The number of morpholine rings is 1. The number of hydrogen-bond acceptors (Lipinski definition) is 5. The zero-order valence-corrected chi connectivity index (χ0v) is 17.2. The van der Waals surface area contributed by atoms with Crippen molar-refractivity contribution in [3.63, 3.8) is 0 Å². The van der Waals surface area contributed by atoms with Crippen molar-refractivity contribution >= 4 is 21.6 Å². The second-order valence-corrected chi connectivity index (χ2v) is 8.85. The molecule has 2 aromatic rings. The number of benzene rings is 2. The van der Waals surface area contributed by atoms with Crippen molar-refractivity contribution in [2.75, 3.05) is 25.5 Å². The quantitative estimate of drug-likeness (QED) is 0.801. The molecule has 0 radical (unpaired) electrons. The van der Waals surface area contributed by atoms with Gasteiger partial charge in [-0.05, 0) is 56.3 Å². The Morgan fingerprint density at radius 3 is 2.31 bits per heavy atom. The summed E-state index contributed by atoms with van der Waals surface area (Å²) in [6, 6.07) is 9.75. The van der Waals surface area contributed by atoms with Gasteiger partial charge in [0, 0.05) is 24.3 Å². The third kappa shape index (κ3) is 4.75. The summed E-state index contributed by atoms with van der Waals surface area (Å²) in [4.78, 5) is 12.4. The maximum atomic E-state index is 13.8. The number of hydrogen-bond donors (Lipinski definition) is 1. The van der Waals surface area contributed by atoms with Crippen LogP contribution in [0.2, 0.25) is 0 Å². The zero-order chi connectivity index (χ0) is 21.2. The van der Waals surface area contributed by atoms with Gasteiger partial charge in [-0.2, -0.15) is 4.31 Å². The normalized spacial score (nSPS) is 20.3. The summed E-state index contributed by atoms with van der Waals surface area (Å²) in [5.74, 6) is -1.11. The number of anilines is 1. The molecule has 0 aliphatic carbocycles. The Balaban J connectivity index is 1.73. The lowest BCUT2D eigenvalue weighted by atomic mass is 10.2. The molecule has 156 valence electrons. The van der Waals surface area contributed by atoms with Gasteiger partial charge in [0.15, 0.2) is 11.6 Å². The van der Waals surface area contributed by atoms with Crippen LogP contribution in [0.5, 0.6) is 5.75 Å². The van der Waals surface area contributed by atoms with Gasteiger partial charge in [0.25, 0.3) is 5.91 Å². The van der Waals surface area contributed by atoms with Gasteiger partial charge in [-0.25, -0.2) is 12.8 Å². The second kappa shape index (κ2) is 8.48. The van der Waals surface area contributed by atoms with E-state index in [1.165, 1.54) is 47.8 Å². The van der Waals surface area contributed by atoms with E-state index in [2.05, 4.69) is 5.32 Å². The first kappa shape index (κ1) is 21.2. The number of carbonyl (C=O) groups excluding carboxylic acids is 1. The third-order valence-corrected chi connectivity index (χ3v) is 6.40. The van der Waals surface area contributed by atoms with E-state index in [1.807, 2.05) is 13.8 Å². The number of methoxy groups -OCH3 is 1. The summed E-state index contributed by atoms with van der Waals surface area (Å²) < 4.78 is 51.3. The Morgan fingerprint density at radius 2 is 1.76 bits per heavy atom. The van der Waals surface area contributed by atoms with Crippen molar-refractivity contribution in [3.8, 4) is 5.75 Å². The summed E-state index contributed by atoms with van der Waals surface area (Å²) >= 11 is 0. The van der Waals surface area contributed by atoms with Crippen LogP contribution in [0.3, 0.4) is 0 Å². The number of sulfonamides is 1. The van der Waals surface area contributed by atoms with Crippen molar-refractivity contribution in [3.05, 3.63) is 53.8 Å².